The van der Waals surface area contributed by atoms with Crippen LogP contribution in [-0.2, 0) is 27.8 Å². The van der Waals surface area contributed by atoms with Gasteiger partial charge in [0.05, 0.1) is 17.3 Å². The highest BCUT2D eigenvalue weighted by molar-refractivity contribution is 7.89. The Balaban J connectivity index is 1.18. The second kappa shape index (κ2) is 8.49. The van der Waals surface area contributed by atoms with Gasteiger partial charge >= 0.3 is 0 Å². The Morgan fingerprint density at radius 1 is 1.14 bits per heavy atom. The van der Waals surface area contributed by atoms with Crippen LogP contribution in [0, 0.1) is 29.0 Å². The molecule has 4 saturated carbocycles. The summed E-state index contributed by atoms with van der Waals surface area (Å²) < 4.78 is 41.0. The normalized spacial score (nSPS) is 29.7. The van der Waals surface area contributed by atoms with E-state index in [0.29, 0.717) is 24.4 Å². The molecular weight excluding hydrogens is 491 g/mol. The molecule has 4 fully saturated rings. The Morgan fingerprint density at radius 3 is 2.49 bits per heavy atom. The van der Waals surface area contributed by atoms with Crippen molar-refractivity contribution < 1.29 is 17.6 Å². The van der Waals surface area contributed by atoms with Crippen LogP contribution < -0.4 is 5.32 Å². The lowest BCUT2D eigenvalue weighted by molar-refractivity contribution is -0.124. The van der Waals surface area contributed by atoms with E-state index in [9.17, 15) is 17.6 Å². The third-order valence-corrected chi connectivity index (χ3v) is 10.8. The van der Waals surface area contributed by atoms with Crippen LogP contribution in [0.5, 0.6) is 0 Å². The Kier molecular flexibility index (Phi) is 5.65. The van der Waals surface area contributed by atoms with Crippen LogP contribution in [0.3, 0.4) is 0 Å². The summed E-state index contributed by atoms with van der Waals surface area (Å²) in [5.74, 6) is 2.21. The number of aromatic nitrogens is 2. The highest BCUT2D eigenvalue weighted by Crippen LogP contribution is 2.61. The number of amides is 1. The number of rotatable bonds is 5. The molecule has 1 N–H and O–H groups in total. The molecule has 1 aliphatic heterocycles. The zero-order chi connectivity index (χ0) is 24.4. The molecule has 35 heavy (non-hydrogen) atoms. The van der Waals surface area contributed by atoms with E-state index in [2.05, 4.69) is 15.3 Å². The van der Waals surface area contributed by atoms with E-state index < -0.39 is 15.8 Å². The van der Waals surface area contributed by atoms with Crippen LogP contribution in [0.4, 0.5) is 10.2 Å². The number of carbonyl (C=O) groups excluding carboxylic acids is 1. The first kappa shape index (κ1) is 23.3. The fourth-order valence-electron chi connectivity index (χ4n) is 7.49. The average molecular weight is 519 g/mol. The minimum absolute atomic E-state index is 0.0130. The van der Waals surface area contributed by atoms with Gasteiger partial charge in [-0.15, -0.1) is 0 Å². The van der Waals surface area contributed by atoms with Crippen molar-refractivity contribution in [3.63, 3.8) is 0 Å². The van der Waals surface area contributed by atoms with E-state index in [1.165, 1.54) is 36.0 Å². The van der Waals surface area contributed by atoms with Gasteiger partial charge in [0, 0.05) is 18.5 Å². The predicted molar refractivity (Wildman–Crippen MR) is 129 cm³/mol. The van der Waals surface area contributed by atoms with Gasteiger partial charge in [-0.1, -0.05) is 11.6 Å². The second-order valence-electron chi connectivity index (χ2n) is 11.0. The Labute approximate surface area is 209 Å². The molecule has 4 aliphatic carbocycles. The molecule has 0 radical (unpaired) electrons. The number of nitrogens with one attached hydrogen (secondary N) is 1. The van der Waals surface area contributed by atoms with Crippen molar-refractivity contribution in [2.75, 3.05) is 11.9 Å². The highest BCUT2D eigenvalue weighted by Gasteiger charge is 2.51. The van der Waals surface area contributed by atoms with Gasteiger partial charge in [0.2, 0.25) is 15.9 Å². The standard InChI is InChI=1S/C25H28ClFN4O3S/c26-20-8-18(27)1-2-22(20)35(33,34)31-4-3-19-21(13-31)28-14-29-24(19)30-23(32)12-25-9-15-5-16(10-25)7-17(6-15)11-25/h1-2,8,14-17H,3-7,9-13H2,(H,28,29,30,32). The number of hydrogen-bond donors (Lipinski definition) is 1. The minimum Gasteiger partial charge on any atom is -0.310 e. The van der Waals surface area contributed by atoms with E-state index in [-0.39, 0.29) is 34.3 Å². The minimum atomic E-state index is -3.93. The van der Waals surface area contributed by atoms with Crippen molar-refractivity contribution in [3.05, 3.63) is 46.6 Å². The van der Waals surface area contributed by atoms with Crippen LogP contribution in [0.2, 0.25) is 5.02 Å². The van der Waals surface area contributed by atoms with Crippen molar-refractivity contribution in [2.45, 2.75) is 62.8 Å². The first-order chi connectivity index (χ1) is 16.7. The van der Waals surface area contributed by atoms with E-state index in [1.807, 2.05) is 0 Å². The van der Waals surface area contributed by atoms with Gasteiger partial charge in [0.1, 0.15) is 22.9 Å². The molecule has 4 bridgehead atoms. The molecule has 10 heteroatoms. The third-order valence-electron chi connectivity index (χ3n) is 8.44. The summed E-state index contributed by atoms with van der Waals surface area (Å²) in [6, 6.07) is 3.25. The maximum absolute atomic E-state index is 13.4. The number of fused-ring (bicyclic) bond motifs is 1. The summed E-state index contributed by atoms with van der Waals surface area (Å²) in [4.78, 5) is 21.6. The molecule has 186 valence electrons. The number of carbonyl (C=O) groups is 1. The molecule has 0 spiro atoms. The number of nitrogens with zero attached hydrogens (tertiary/aromatic N) is 3. The van der Waals surface area contributed by atoms with E-state index >= 15 is 0 Å². The van der Waals surface area contributed by atoms with E-state index in [1.54, 1.807) is 0 Å². The smallest absolute Gasteiger partial charge is 0.244 e. The Hall–Kier alpha value is -2.10. The molecule has 0 saturated heterocycles. The number of hydrogen-bond acceptors (Lipinski definition) is 5. The SMILES string of the molecule is O=C(CC12CC3CC(CC(C3)C1)C2)Nc1ncnc2c1CCN(S(=O)(=O)c1ccc(F)cc1Cl)C2. The summed E-state index contributed by atoms with van der Waals surface area (Å²) in [6.07, 6.45) is 9.74. The molecule has 1 amide bonds. The molecule has 1 aromatic carbocycles. The summed E-state index contributed by atoms with van der Waals surface area (Å²) in [5, 5.41) is 2.87. The van der Waals surface area contributed by atoms with Crippen molar-refractivity contribution in [2.24, 2.45) is 23.2 Å². The molecule has 0 atom stereocenters. The molecule has 7 rings (SSSR count). The second-order valence-corrected chi connectivity index (χ2v) is 13.3. The molecular formula is C25H28ClFN4O3S. The van der Waals surface area contributed by atoms with Gasteiger partial charge in [0.25, 0.3) is 0 Å². The van der Waals surface area contributed by atoms with Gasteiger partial charge in [-0.05, 0) is 86.3 Å². The van der Waals surface area contributed by atoms with Gasteiger partial charge in [-0.25, -0.2) is 22.8 Å². The number of anilines is 1. The first-order valence-electron chi connectivity index (χ1n) is 12.3. The summed E-state index contributed by atoms with van der Waals surface area (Å²) in [6.45, 7) is 0.222. The zero-order valence-corrected chi connectivity index (χ0v) is 20.9. The van der Waals surface area contributed by atoms with Crippen molar-refractivity contribution in [3.8, 4) is 0 Å². The van der Waals surface area contributed by atoms with E-state index in [0.717, 1.165) is 54.7 Å². The third kappa shape index (κ3) is 4.25. The Bertz CT molecular complexity index is 1270. The zero-order valence-electron chi connectivity index (χ0n) is 19.3. The van der Waals surface area contributed by atoms with Gasteiger partial charge in [-0.3, -0.25) is 4.79 Å². The lowest BCUT2D eigenvalue weighted by Gasteiger charge is -2.56. The molecule has 1 aromatic heterocycles. The van der Waals surface area contributed by atoms with Crippen LogP contribution >= 0.6 is 11.6 Å². The molecule has 2 heterocycles. The van der Waals surface area contributed by atoms with Crippen LogP contribution in [0.1, 0.15) is 56.2 Å². The van der Waals surface area contributed by atoms with Gasteiger partial charge < -0.3 is 5.32 Å². The maximum atomic E-state index is 13.4. The highest BCUT2D eigenvalue weighted by atomic mass is 35.5. The van der Waals surface area contributed by atoms with E-state index in [4.69, 9.17) is 11.6 Å². The molecule has 5 aliphatic rings. The number of halogens is 2. The largest absolute Gasteiger partial charge is 0.310 e. The van der Waals surface area contributed by atoms with Gasteiger partial charge in [-0.2, -0.15) is 4.31 Å². The predicted octanol–water partition coefficient (Wildman–Crippen LogP) is 4.56. The summed E-state index contributed by atoms with van der Waals surface area (Å²) in [7, 11) is -3.93. The quantitative estimate of drug-likeness (QED) is 0.626. The fraction of sp³-hybridized carbons (Fsp3) is 0.560. The first-order valence-corrected chi connectivity index (χ1v) is 14.1. The maximum Gasteiger partial charge on any atom is 0.244 e. The van der Waals surface area contributed by atoms with Crippen LogP contribution in [-0.4, -0.2) is 35.1 Å². The molecule has 7 nitrogen and oxygen atoms in total. The number of benzene rings is 1. The fourth-order valence-corrected chi connectivity index (χ4v) is 9.40. The van der Waals surface area contributed by atoms with Crippen molar-refractivity contribution in [1.82, 2.24) is 14.3 Å². The van der Waals surface area contributed by atoms with Gasteiger partial charge in [0.15, 0.2) is 0 Å². The van der Waals surface area contributed by atoms with Crippen molar-refractivity contribution in [1.29, 1.82) is 0 Å². The van der Waals surface area contributed by atoms with Crippen molar-refractivity contribution >= 4 is 33.3 Å². The Morgan fingerprint density at radius 2 is 1.83 bits per heavy atom. The number of sulfonamides is 1. The average Bonchev–Trinajstić information content (AvgIpc) is 2.77. The molecule has 2 aromatic rings. The monoisotopic (exact) mass is 518 g/mol. The topological polar surface area (TPSA) is 92.3 Å². The summed E-state index contributed by atoms with van der Waals surface area (Å²) in [5.41, 5.74) is 1.45. The summed E-state index contributed by atoms with van der Waals surface area (Å²) >= 11 is 6.03. The molecule has 0 unspecified atom stereocenters. The lowest BCUT2D eigenvalue weighted by atomic mass is 9.49. The van der Waals surface area contributed by atoms with Crippen LogP contribution in [0.15, 0.2) is 29.4 Å². The van der Waals surface area contributed by atoms with Crippen LogP contribution in [0.25, 0.3) is 0 Å². The lowest BCUT2D eigenvalue weighted by Crippen LogP contribution is -2.47.